The van der Waals surface area contributed by atoms with Gasteiger partial charge in [-0.05, 0) is 34.7 Å². The van der Waals surface area contributed by atoms with E-state index in [-0.39, 0.29) is 11.1 Å². The van der Waals surface area contributed by atoms with E-state index in [1.165, 1.54) is 0 Å². The molecule has 0 amide bonds. The van der Waals surface area contributed by atoms with Crippen LogP contribution in [0.5, 0.6) is 0 Å². The molecule has 1 aliphatic rings. The average Bonchev–Trinajstić information content (AvgIpc) is 2.02. The minimum atomic E-state index is -0.285. The van der Waals surface area contributed by atoms with Gasteiger partial charge in [0.25, 0.3) is 0 Å². The Labute approximate surface area is 93.9 Å². The van der Waals surface area contributed by atoms with E-state index in [2.05, 4.69) is 11.9 Å². The van der Waals surface area contributed by atoms with Gasteiger partial charge in [-0.25, -0.2) is 0 Å². The lowest BCUT2D eigenvalue weighted by molar-refractivity contribution is 0.0503. The third kappa shape index (κ3) is 6.84. The molecule has 92 valence electrons. The summed E-state index contributed by atoms with van der Waals surface area (Å²) in [6.07, 6.45) is 0. The molecule has 0 aliphatic carbocycles. The van der Waals surface area contributed by atoms with Crippen LogP contribution in [0.1, 0.15) is 27.7 Å². The number of hydrogen-bond acceptors (Lipinski definition) is 4. The molecule has 1 heterocycles. The normalized spacial score (nSPS) is 19.4. The summed E-state index contributed by atoms with van der Waals surface area (Å²) in [5.74, 6) is 0. The van der Waals surface area contributed by atoms with Gasteiger partial charge in [-0.3, -0.25) is 0 Å². The largest absolute Gasteiger partial charge is 0.379 e. The van der Waals surface area contributed by atoms with Crippen molar-refractivity contribution in [3.63, 3.8) is 0 Å². The van der Waals surface area contributed by atoms with E-state index < -0.39 is 0 Å². The first-order valence-electron chi connectivity index (χ1n) is 5.48. The summed E-state index contributed by atoms with van der Waals surface area (Å²) in [6, 6.07) is 0. The number of nitrogens with zero attached hydrogens (tertiary/aromatic N) is 1. The third-order valence-electron chi connectivity index (χ3n) is 2.90. The molecule has 4 nitrogen and oxygen atoms in total. The number of nitrogens with two attached hydrogens (primary N) is 2. The highest BCUT2D eigenvalue weighted by molar-refractivity contribution is 4.93. The van der Waals surface area contributed by atoms with E-state index in [0.29, 0.717) is 0 Å². The van der Waals surface area contributed by atoms with Gasteiger partial charge in [0.2, 0.25) is 0 Å². The number of morpholine rings is 1. The summed E-state index contributed by atoms with van der Waals surface area (Å²) in [6.45, 7) is 11.7. The van der Waals surface area contributed by atoms with Gasteiger partial charge in [0, 0.05) is 24.2 Å². The lowest BCUT2D eigenvalue weighted by atomic mass is 9.85. The van der Waals surface area contributed by atoms with Gasteiger partial charge in [0.1, 0.15) is 0 Å². The average molecular weight is 217 g/mol. The van der Waals surface area contributed by atoms with Crippen molar-refractivity contribution >= 4 is 0 Å². The highest BCUT2D eigenvalue weighted by Crippen LogP contribution is 2.13. The van der Waals surface area contributed by atoms with Gasteiger partial charge in [0.05, 0.1) is 13.2 Å². The van der Waals surface area contributed by atoms with Crippen LogP contribution in [0.15, 0.2) is 0 Å². The van der Waals surface area contributed by atoms with Crippen LogP contribution in [0.4, 0.5) is 0 Å². The molecule has 4 heteroatoms. The second kappa shape index (κ2) is 5.80. The van der Waals surface area contributed by atoms with Crippen LogP contribution in [0.25, 0.3) is 0 Å². The molecule has 1 aliphatic heterocycles. The molecule has 0 radical (unpaired) electrons. The SMILES string of the molecule is CC(C)(N)C(C)(C)N.CN1CCOCC1. The van der Waals surface area contributed by atoms with Crippen LogP contribution in [0.2, 0.25) is 0 Å². The van der Waals surface area contributed by atoms with Crippen molar-refractivity contribution in [1.82, 2.24) is 4.90 Å². The van der Waals surface area contributed by atoms with E-state index in [1.54, 1.807) is 0 Å². The monoisotopic (exact) mass is 217 g/mol. The molecule has 0 bridgehead atoms. The predicted octanol–water partition coefficient (Wildman–Crippen LogP) is 0.409. The smallest absolute Gasteiger partial charge is 0.0594 e. The number of hydrogen-bond donors (Lipinski definition) is 2. The van der Waals surface area contributed by atoms with Gasteiger partial charge in [-0.1, -0.05) is 0 Å². The highest BCUT2D eigenvalue weighted by atomic mass is 16.5. The summed E-state index contributed by atoms with van der Waals surface area (Å²) in [5.41, 5.74) is 10.8. The van der Waals surface area contributed by atoms with E-state index in [0.717, 1.165) is 26.3 Å². The Hall–Kier alpha value is -0.160. The zero-order valence-corrected chi connectivity index (χ0v) is 10.8. The minimum absolute atomic E-state index is 0.285. The van der Waals surface area contributed by atoms with E-state index >= 15 is 0 Å². The second-order valence-corrected chi connectivity index (χ2v) is 5.36. The molecule has 0 unspecified atom stereocenters. The third-order valence-corrected chi connectivity index (χ3v) is 2.90. The van der Waals surface area contributed by atoms with E-state index in [1.807, 2.05) is 27.7 Å². The molecular weight excluding hydrogens is 190 g/mol. The van der Waals surface area contributed by atoms with Crippen molar-refractivity contribution in [3.05, 3.63) is 0 Å². The summed E-state index contributed by atoms with van der Waals surface area (Å²) in [5, 5.41) is 0. The molecule has 1 rings (SSSR count). The molecule has 0 aromatic carbocycles. The van der Waals surface area contributed by atoms with E-state index in [4.69, 9.17) is 16.2 Å². The quantitative estimate of drug-likeness (QED) is 0.668. The van der Waals surface area contributed by atoms with Gasteiger partial charge in [0.15, 0.2) is 0 Å². The first kappa shape index (κ1) is 14.8. The fraction of sp³-hybridized carbons (Fsp3) is 1.00. The lowest BCUT2D eigenvalue weighted by Crippen LogP contribution is -2.58. The molecule has 0 saturated carbocycles. The minimum Gasteiger partial charge on any atom is -0.379 e. The first-order chi connectivity index (χ1) is 6.64. The van der Waals surface area contributed by atoms with Crippen molar-refractivity contribution in [2.45, 2.75) is 38.8 Å². The van der Waals surface area contributed by atoms with Crippen molar-refractivity contribution in [2.24, 2.45) is 11.5 Å². The molecule has 1 saturated heterocycles. The Morgan fingerprint density at radius 2 is 1.27 bits per heavy atom. The van der Waals surface area contributed by atoms with Gasteiger partial charge >= 0.3 is 0 Å². The van der Waals surface area contributed by atoms with E-state index in [9.17, 15) is 0 Å². The summed E-state index contributed by atoms with van der Waals surface area (Å²) in [7, 11) is 2.11. The van der Waals surface area contributed by atoms with Gasteiger partial charge in [-0.15, -0.1) is 0 Å². The topological polar surface area (TPSA) is 64.5 Å². The predicted molar refractivity (Wildman–Crippen MR) is 64.8 cm³/mol. The molecule has 15 heavy (non-hydrogen) atoms. The maximum absolute atomic E-state index is 5.69. The Bertz CT molecular complexity index is 152. The molecular formula is C11H27N3O. The number of rotatable bonds is 1. The van der Waals surface area contributed by atoms with Gasteiger partial charge < -0.3 is 21.1 Å². The number of likely N-dealkylation sites (N-methyl/N-ethyl adjacent to an activating group) is 1. The van der Waals surface area contributed by atoms with Crippen LogP contribution in [0, 0.1) is 0 Å². The van der Waals surface area contributed by atoms with Crippen molar-refractivity contribution in [3.8, 4) is 0 Å². The zero-order valence-electron chi connectivity index (χ0n) is 10.8. The Morgan fingerprint density at radius 3 is 1.40 bits per heavy atom. The fourth-order valence-electron chi connectivity index (χ4n) is 0.655. The summed E-state index contributed by atoms with van der Waals surface area (Å²) in [4.78, 5) is 2.27. The molecule has 1 fully saturated rings. The zero-order chi connectivity index (χ0) is 12.1. The maximum atomic E-state index is 5.69. The number of ether oxygens (including phenoxy) is 1. The van der Waals surface area contributed by atoms with Crippen LogP contribution in [0.3, 0.4) is 0 Å². The maximum Gasteiger partial charge on any atom is 0.0594 e. The standard InChI is InChI=1S/C6H16N2.C5H11NO/c1-5(2,7)6(3,4)8;1-6-2-4-7-5-3-6/h7-8H2,1-4H3;2-5H2,1H3. The molecule has 0 aromatic heterocycles. The Kier molecular flexibility index (Phi) is 5.73. The highest BCUT2D eigenvalue weighted by Gasteiger charge is 2.28. The van der Waals surface area contributed by atoms with Crippen LogP contribution < -0.4 is 11.5 Å². The second-order valence-electron chi connectivity index (χ2n) is 5.36. The molecule has 0 spiro atoms. The van der Waals surface area contributed by atoms with Crippen molar-refractivity contribution in [2.75, 3.05) is 33.4 Å². The summed E-state index contributed by atoms with van der Waals surface area (Å²) >= 11 is 0. The molecule has 0 atom stereocenters. The Morgan fingerprint density at radius 1 is 0.933 bits per heavy atom. The lowest BCUT2D eigenvalue weighted by Gasteiger charge is -2.34. The molecule has 0 aromatic rings. The van der Waals surface area contributed by atoms with Crippen LogP contribution in [-0.4, -0.2) is 49.3 Å². The van der Waals surface area contributed by atoms with Gasteiger partial charge in [-0.2, -0.15) is 0 Å². The Balaban J connectivity index is 0.000000262. The molecule has 4 N–H and O–H groups in total. The first-order valence-corrected chi connectivity index (χ1v) is 5.48. The summed E-state index contributed by atoms with van der Waals surface area (Å²) < 4.78 is 5.10. The van der Waals surface area contributed by atoms with Crippen molar-refractivity contribution in [1.29, 1.82) is 0 Å². The van der Waals surface area contributed by atoms with Crippen LogP contribution >= 0.6 is 0 Å². The van der Waals surface area contributed by atoms with Crippen molar-refractivity contribution < 1.29 is 4.74 Å². The van der Waals surface area contributed by atoms with Crippen LogP contribution in [-0.2, 0) is 4.74 Å². The fourth-order valence-corrected chi connectivity index (χ4v) is 0.655.